The molecule has 96 valence electrons. The zero-order valence-corrected chi connectivity index (χ0v) is 10.7. The van der Waals surface area contributed by atoms with Gasteiger partial charge in [0.25, 0.3) is 0 Å². The Bertz CT molecular complexity index is 465. The highest BCUT2D eigenvalue weighted by Crippen LogP contribution is 2.57. The van der Waals surface area contributed by atoms with Crippen LogP contribution in [0.1, 0.15) is 42.6 Å². The number of aromatic nitrogens is 3. The van der Waals surface area contributed by atoms with Gasteiger partial charge in [0.05, 0.1) is 6.20 Å². The Hall–Kier alpha value is -1.19. The summed E-state index contributed by atoms with van der Waals surface area (Å²) in [5.74, 6) is 3.68. The lowest BCUT2D eigenvalue weighted by molar-refractivity contribution is -0.0254. The third-order valence-electron chi connectivity index (χ3n) is 5.50. The van der Waals surface area contributed by atoms with Gasteiger partial charge < -0.3 is 0 Å². The fraction of sp³-hybridized carbons (Fsp3) is 0.786. The van der Waals surface area contributed by atoms with E-state index in [9.17, 15) is 4.79 Å². The summed E-state index contributed by atoms with van der Waals surface area (Å²) < 4.78 is 1.63. The highest BCUT2D eigenvalue weighted by atomic mass is 16.1. The Kier molecular flexibility index (Phi) is 2.17. The molecular weight excluding hydrogens is 226 g/mol. The largest absolute Gasteiger partial charge is 0.292 e. The zero-order valence-electron chi connectivity index (χ0n) is 10.7. The number of carbonyl (C=O) groups is 1. The number of ketones is 1. The molecule has 5 rings (SSSR count). The fourth-order valence-corrected chi connectivity index (χ4v) is 5.04. The standard InChI is InChI=1S/C14H19N3O/c1-17-12(7-15-16-17)14(18)13-10-3-8-2-9(5-10)6-11(13)4-8/h7-11,13H,2-6H2,1H3. The second kappa shape index (κ2) is 3.65. The molecule has 18 heavy (non-hydrogen) atoms. The van der Waals surface area contributed by atoms with Gasteiger partial charge in [-0.3, -0.25) is 4.79 Å². The number of aryl methyl sites for hydroxylation is 1. The molecule has 0 atom stereocenters. The number of hydrogen-bond acceptors (Lipinski definition) is 3. The Morgan fingerprint density at radius 3 is 2.28 bits per heavy atom. The number of hydrogen-bond donors (Lipinski definition) is 0. The van der Waals surface area contributed by atoms with Crippen molar-refractivity contribution in [2.75, 3.05) is 0 Å². The minimum atomic E-state index is 0.259. The molecule has 1 aromatic rings. The van der Waals surface area contributed by atoms with Gasteiger partial charge in [0.15, 0.2) is 5.78 Å². The van der Waals surface area contributed by atoms with E-state index in [2.05, 4.69) is 10.3 Å². The molecule has 0 spiro atoms. The molecule has 4 aliphatic carbocycles. The van der Waals surface area contributed by atoms with Crippen molar-refractivity contribution < 1.29 is 4.79 Å². The van der Waals surface area contributed by atoms with Crippen molar-refractivity contribution in [3.63, 3.8) is 0 Å². The van der Waals surface area contributed by atoms with Gasteiger partial charge in [-0.05, 0) is 55.8 Å². The molecule has 0 radical (unpaired) electrons. The predicted octanol–water partition coefficient (Wildman–Crippen LogP) is 2.07. The van der Waals surface area contributed by atoms with Crippen molar-refractivity contribution in [1.29, 1.82) is 0 Å². The Morgan fingerprint density at radius 2 is 1.78 bits per heavy atom. The van der Waals surface area contributed by atoms with E-state index in [1.807, 2.05) is 7.05 Å². The minimum Gasteiger partial charge on any atom is -0.292 e. The number of carbonyl (C=O) groups excluding carboxylic acids is 1. The first-order valence-corrected chi connectivity index (χ1v) is 7.11. The number of Topliss-reactive ketones (excluding diaryl/α,β-unsaturated/α-hetero) is 1. The topological polar surface area (TPSA) is 47.8 Å². The van der Waals surface area contributed by atoms with Crippen LogP contribution in [-0.4, -0.2) is 20.8 Å². The SMILES string of the molecule is Cn1nncc1C(=O)C1C2CC3CC(C2)CC1C3. The second-order valence-electron chi connectivity index (χ2n) is 6.56. The van der Waals surface area contributed by atoms with E-state index < -0.39 is 0 Å². The molecule has 4 aliphatic rings. The summed E-state index contributed by atoms with van der Waals surface area (Å²) in [6.07, 6.45) is 8.21. The molecule has 1 aromatic heterocycles. The van der Waals surface area contributed by atoms with Crippen LogP contribution in [0.5, 0.6) is 0 Å². The summed E-state index contributed by atoms with van der Waals surface area (Å²) in [5.41, 5.74) is 0.701. The molecule has 0 saturated heterocycles. The van der Waals surface area contributed by atoms with Gasteiger partial charge in [-0.25, -0.2) is 4.68 Å². The molecule has 0 N–H and O–H groups in total. The second-order valence-corrected chi connectivity index (χ2v) is 6.56. The van der Waals surface area contributed by atoms with Gasteiger partial charge >= 0.3 is 0 Å². The van der Waals surface area contributed by atoms with E-state index in [-0.39, 0.29) is 5.92 Å². The van der Waals surface area contributed by atoms with Gasteiger partial charge in [0.1, 0.15) is 5.69 Å². The van der Waals surface area contributed by atoms with Gasteiger partial charge in [0.2, 0.25) is 0 Å². The van der Waals surface area contributed by atoms with Crippen LogP contribution < -0.4 is 0 Å². The molecule has 4 nitrogen and oxygen atoms in total. The number of rotatable bonds is 2. The number of nitrogens with zero attached hydrogens (tertiary/aromatic N) is 3. The predicted molar refractivity (Wildman–Crippen MR) is 65.9 cm³/mol. The van der Waals surface area contributed by atoms with E-state index in [0.717, 1.165) is 11.8 Å². The summed E-state index contributed by atoms with van der Waals surface area (Å²) in [6, 6.07) is 0. The highest BCUT2D eigenvalue weighted by molar-refractivity contribution is 5.96. The molecular formula is C14H19N3O. The molecule has 0 unspecified atom stereocenters. The summed E-state index contributed by atoms with van der Waals surface area (Å²) in [6.45, 7) is 0. The molecule has 4 bridgehead atoms. The lowest BCUT2D eigenvalue weighted by Crippen LogP contribution is -2.48. The van der Waals surface area contributed by atoms with Crippen molar-refractivity contribution in [2.45, 2.75) is 32.1 Å². The maximum atomic E-state index is 12.7. The first-order chi connectivity index (χ1) is 8.72. The molecule has 4 heteroatoms. The molecule has 4 fully saturated rings. The van der Waals surface area contributed by atoms with E-state index >= 15 is 0 Å². The first kappa shape index (κ1) is 10.7. The molecule has 0 aliphatic heterocycles. The van der Waals surface area contributed by atoms with E-state index in [4.69, 9.17) is 0 Å². The van der Waals surface area contributed by atoms with Crippen molar-refractivity contribution in [3.8, 4) is 0 Å². The summed E-state index contributed by atoms with van der Waals surface area (Å²) in [5, 5.41) is 7.74. The maximum Gasteiger partial charge on any atom is 0.186 e. The van der Waals surface area contributed by atoms with Crippen LogP contribution in [0.15, 0.2) is 6.20 Å². The average molecular weight is 245 g/mol. The van der Waals surface area contributed by atoms with Crippen molar-refractivity contribution >= 4 is 5.78 Å². The summed E-state index contributed by atoms with van der Waals surface area (Å²) in [7, 11) is 1.82. The third-order valence-corrected chi connectivity index (χ3v) is 5.50. The van der Waals surface area contributed by atoms with Crippen LogP contribution in [0.4, 0.5) is 0 Å². The van der Waals surface area contributed by atoms with Gasteiger partial charge in [0, 0.05) is 13.0 Å². The lowest BCUT2D eigenvalue weighted by Gasteiger charge is -2.53. The van der Waals surface area contributed by atoms with Crippen molar-refractivity contribution in [1.82, 2.24) is 15.0 Å². The summed E-state index contributed by atoms with van der Waals surface area (Å²) >= 11 is 0. The molecule has 0 amide bonds. The van der Waals surface area contributed by atoms with Crippen LogP contribution in [0.2, 0.25) is 0 Å². The Morgan fingerprint density at radius 1 is 1.17 bits per heavy atom. The van der Waals surface area contributed by atoms with Crippen LogP contribution in [0.25, 0.3) is 0 Å². The average Bonchev–Trinajstić information content (AvgIpc) is 2.73. The first-order valence-electron chi connectivity index (χ1n) is 7.11. The van der Waals surface area contributed by atoms with E-state index in [1.54, 1.807) is 10.9 Å². The fourth-order valence-electron chi connectivity index (χ4n) is 5.04. The van der Waals surface area contributed by atoms with Crippen LogP contribution in [-0.2, 0) is 7.05 Å². The monoisotopic (exact) mass is 245 g/mol. The van der Waals surface area contributed by atoms with Crippen LogP contribution >= 0.6 is 0 Å². The van der Waals surface area contributed by atoms with Gasteiger partial charge in [-0.15, -0.1) is 5.10 Å². The molecule has 1 heterocycles. The minimum absolute atomic E-state index is 0.259. The third kappa shape index (κ3) is 1.41. The zero-order chi connectivity index (χ0) is 12.3. The Balaban J connectivity index is 1.65. The van der Waals surface area contributed by atoms with E-state index in [1.165, 1.54) is 32.1 Å². The molecule has 4 saturated carbocycles. The highest BCUT2D eigenvalue weighted by Gasteiger charge is 2.51. The van der Waals surface area contributed by atoms with Crippen molar-refractivity contribution in [2.24, 2.45) is 36.6 Å². The van der Waals surface area contributed by atoms with Crippen LogP contribution in [0, 0.1) is 29.6 Å². The normalized spacial score (nSPS) is 41.3. The van der Waals surface area contributed by atoms with Gasteiger partial charge in [-0.1, -0.05) is 5.21 Å². The lowest BCUT2D eigenvalue weighted by atomic mass is 9.51. The van der Waals surface area contributed by atoms with Crippen LogP contribution in [0.3, 0.4) is 0 Å². The van der Waals surface area contributed by atoms with E-state index in [0.29, 0.717) is 23.3 Å². The summed E-state index contributed by atoms with van der Waals surface area (Å²) in [4.78, 5) is 12.7. The smallest absolute Gasteiger partial charge is 0.186 e. The maximum absolute atomic E-state index is 12.7. The quantitative estimate of drug-likeness (QED) is 0.749. The van der Waals surface area contributed by atoms with Crippen molar-refractivity contribution in [3.05, 3.63) is 11.9 Å². The van der Waals surface area contributed by atoms with Gasteiger partial charge in [-0.2, -0.15) is 0 Å². The molecule has 0 aromatic carbocycles. The Labute approximate surface area is 107 Å².